The van der Waals surface area contributed by atoms with Gasteiger partial charge in [-0.05, 0) is 13.0 Å². The van der Waals surface area contributed by atoms with Gasteiger partial charge < -0.3 is 11.5 Å². The first-order valence-corrected chi connectivity index (χ1v) is 2.82. The van der Waals surface area contributed by atoms with Gasteiger partial charge in [-0.25, -0.2) is 0 Å². The smallest absolute Gasteiger partial charge is 0.0737 e. The molecule has 0 aliphatic carbocycles. The molecule has 0 saturated carbocycles. The van der Waals surface area contributed by atoms with Crippen molar-refractivity contribution in [3.8, 4) is 0 Å². The van der Waals surface area contributed by atoms with Crippen molar-refractivity contribution in [3.63, 3.8) is 0 Å². The van der Waals surface area contributed by atoms with E-state index >= 15 is 0 Å². The molecule has 0 amide bonds. The molecule has 5 N–H and O–H groups in total. The molecule has 0 bridgehead atoms. The Labute approximate surface area is 45.9 Å². The van der Waals surface area contributed by atoms with Gasteiger partial charge in [0.15, 0.2) is 0 Å². The van der Waals surface area contributed by atoms with Crippen molar-refractivity contribution < 1.29 is 5.73 Å². The van der Waals surface area contributed by atoms with E-state index in [0.717, 1.165) is 13.1 Å². The van der Waals surface area contributed by atoms with E-state index in [1.165, 1.54) is 6.42 Å². The van der Waals surface area contributed by atoms with E-state index in [-0.39, 0.29) is 0 Å². The van der Waals surface area contributed by atoms with Crippen LogP contribution in [0.2, 0.25) is 0 Å². The van der Waals surface area contributed by atoms with E-state index in [0.29, 0.717) is 0 Å². The van der Waals surface area contributed by atoms with Crippen molar-refractivity contribution in [2.75, 3.05) is 13.1 Å². The Hall–Kier alpha value is -0.0800. The van der Waals surface area contributed by atoms with Crippen LogP contribution >= 0.6 is 0 Å². The van der Waals surface area contributed by atoms with Crippen molar-refractivity contribution in [1.29, 1.82) is 0 Å². The summed E-state index contributed by atoms with van der Waals surface area (Å²) in [6, 6.07) is 0. The summed E-state index contributed by atoms with van der Waals surface area (Å²) in [5.74, 6) is 0. The van der Waals surface area contributed by atoms with E-state index < -0.39 is 0 Å². The number of rotatable bonds is 1. The van der Waals surface area contributed by atoms with Crippen molar-refractivity contribution in [3.05, 3.63) is 0 Å². The fourth-order valence-corrected chi connectivity index (χ4v) is 0. The lowest BCUT2D eigenvalue weighted by atomic mass is 10.5. The van der Waals surface area contributed by atoms with Gasteiger partial charge in [0.1, 0.15) is 0 Å². The van der Waals surface area contributed by atoms with Crippen molar-refractivity contribution >= 4 is 0 Å². The highest BCUT2D eigenvalue weighted by Gasteiger charge is 1.59. The van der Waals surface area contributed by atoms with E-state index in [9.17, 15) is 0 Å². The monoisotopic (exact) mass is 105 g/mol. The van der Waals surface area contributed by atoms with Gasteiger partial charge in [-0.1, -0.05) is 13.8 Å². The van der Waals surface area contributed by atoms with Crippen LogP contribution in [0, 0.1) is 0 Å². The van der Waals surface area contributed by atoms with Gasteiger partial charge in [-0.2, -0.15) is 0 Å². The molecule has 0 aliphatic heterocycles. The summed E-state index contributed by atoms with van der Waals surface area (Å²) in [6.07, 6.45) is 1.21. The summed E-state index contributed by atoms with van der Waals surface area (Å²) < 4.78 is 0. The molecule has 46 valence electrons. The minimum Gasteiger partial charge on any atom is -0.358 e. The Kier molecular flexibility index (Phi) is 24.1. The minimum atomic E-state index is 0.750. The Morgan fingerprint density at radius 1 is 1.43 bits per heavy atom. The SMILES string of the molecule is CCC[NH3+].CCN. The molecule has 0 atom stereocenters. The Balaban J connectivity index is 0. The number of nitrogens with two attached hydrogens (primary N) is 1. The van der Waals surface area contributed by atoms with Crippen LogP contribution < -0.4 is 11.5 Å². The van der Waals surface area contributed by atoms with Crippen LogP contribution in [-0.4, -0.2) is 13.1 Å². The van der Waals surface area contributed by atoms with E-state index in [1.807, 2.05) is 6.92 Å². The Bertz CT molecular complexity index is 13.6. The average molecular weight is 105 g/mol. The molecular weight excluding hydrogens is 88.1 g/mol. The second-order valence-electron chi connectivity index (χ2n) is 1.26. The molecule has 2 heteroatoms. The maximum Gasteiger partial charge on any atom is 0.0737 e. The topological polar surface area (TPSA) is 53.7 Å². The molecule has 0 radical (unpaired) electrons. The van der Waals surface area contributed by atoms with E-state index in [2.05, 4.69) is 12.7 Å². The molecule has 0 fully saturated rings. The quantitative estimate of drug-likeness (QED) is 0.468. The minimum absolute atomic E-state index is 0.750. The van der Waals surface area contributed by atoms with Crippen LogP contribution in [0.4, 0.5) is 0 Å². The second kappa shape index (κ2) is 16.8. The molecule has 0 rings (SSSR count). The first-order valence-electron chi connectivity index (χ1n) is 2.82. The zero-order valence-corrected chi connectivity index (χ0v) is 5.41. The largest absolute Gasteiger partial charge is 0.358 e. The number of hydrogen-bond donors (Lipinski definition) is 2. The molecule has 2 nitrogen and oxygen atoms in total. The lowest BCUT2D eigenvalue weighted by Crippen LogP contribution is -2.49. The highest BCUT2D eigenvalue weighted by molar-refractivity contribution is 4.07. The molecule has 0 heterocycles. The maximum absolute atomic E-state index is 4.85. The van der Waals surface area contributed by atoms with Crippen LogP contribution in [0.15, 0.2) is 0 Å². The van der Waals surface area contributed by atoms with E-state index in [4.69, 9.17) is 5.73 Å². The van der Waals surface area contributed by atoms with Crippen LogP contribution in [0.25, 0.3) is 0 Å². The molecule has 0 aromatic heterocycles. The van der Waals surface area contributed by atoms with Crippen LogP contribution in [0.1, 0.15) is 20.3 Å². The maximum atomic E-state index is 4.85. The van der Waals surface area contributed by atoms with E-state index in [1.54, 1.807) is 0 Å². The Morgan fingerprint density at radius 2 is 1.57 bits per heavy atom. The van der Waals surface area contributed by atoms with Gasteiger partial charge in [0, 0.05) is 0 Å². The third-order valence-corrected chi connectivity index (χ3v) is 0.354. The first kappa shape index (κ1) is 10.0. The molecule has 0 saturated heterocycles. The summed E-state index contributed by atoms with van der Waals surface area (Å²) in [5, 5.41) is 0. The van der Waals surface area contributed by atoms with Crippen molar-refractivity contribution in [1.82, 2.24) is 0 Å². The van der Waals surface area contributed by atoms with Gasteiger partial charge in [-0.15, -0.1) is 0 Å². The standard InChI is InChI=1S/C3H9N.C2H7N/c1-2-3-4;1-2-3/h2-4H2,1H3;2-3H2,1H3/p+1. The second-order valence-corrected chi connectivity index (χ2v) is 1.26. The van der Waals surface area contributed by atoms with Crippen molar-refractivity contribution in [2.45, 2.75) is 20.3 Å². The first-order chi connectivity index (χ1) is 3.33. The molecule has 0 aromatic rings. The summed E-state index contributed by atoms with van der Waals surface area (Å²) >= 11 is 0. The Morgan fingerprint density at radius 3 is 1.57 bits per heavy atom. The zero-order chi connectivity index (χ0) is 6.12. The normalized spacial score (nSPS) is 6.86. The molecule has 0 aliphatic rings. The lowest BCUT2D eigenvalue weighted by molar-refractivity contribution is -0.367. The van der Waals surface area contributed by atoms with Gasteiger partial charge in [0.25, 0.3) is 0 Å². The van der Waals surface area contributed by atoms with Crippen LogP contribution in [-0.2, 0) is 0 Å². The highest BCUT2D eigenvalue weighted by Crippen LogP contribution is 1.54. The predicted octanol–water partition coefficient (Wildman–Crippen LogP) is -0.397. The predicted molar refractivity (Wildman–Crippen MR) is 32.8 cm³/mol. The molecule has 0 aromatic carbocycles. The van der Waals surface area contributed by atoms with Gasteiger partial charge in [0.2, 0.25) is 0 Å². The fraction of sp³-hybridized carbons (Fsp3) is 1.00. The third-order valence-electron chi connectivity index (χ3n) is 0.354. The molecular formula is C5H17N2+. The lowest BCUT2D eigenvalue weighted by Gasteiger charge is -1.66. The number of hydrogen-bond acceptors (Lipinski definition) is 1. The van der Waals surface area contributed by atoms with Crippen LogP contribution in [0.3, 0.4) is 0 Å². The van der Waals surface area contributed by atoms with Gasteiger partial charge >= 0.3 is 0 Å². The number of quaternary nitrogens is 1. The fourth-order valence-electron chi connectivity index (χ4n) is 0. The molecule has 0 spiro atoms. The zero-order valence-electron chi connectivity index (χ0n) is 5.41. The summed E-state index contributed by atoms with van der Waals surface area (Å²) in [7, 11) is 0. The molecule has 7 heavy (non-hydrogen) atoms. The summed E-state index contributed by atoms with van der Waals surface area (Å²) in [6.45, 7) is 5.84. The summed E-state index contributed by atoms with van der Waals surface area (Å²) in [4.78, 5) is 0. The molecule has 0 unspecified atom stereocenters. The summed E-state index contributed by atoms with van der Waals surface area (Å²) in [5.41, 5.74) is 8.45. The average Bonchev–Trinajstić information content (AvgIpc) is 1.69. The third kappa shape index (κ3) is 107. The van der Waals surface area contributed by atoms with Gasteiger partial charge in [0.05, 0.1) is 6.54 Å². The highest BCUT2D eigenvalue weighted by atomic mass is 14.5. The van der Waals surface area contributed by atoms with Crippen LogP contribution in [0.5, 0.6) is 0 Å². The van der Waals surface area contributed by atoms with Crippen molar-refractivity contribution in [2.24, 2.45) is 5.73 Å². The van der Waals surface area contributed by atoms with Gasteiger partial charge in [-0.3, -0.25) is 0 Å².